The summed E-state index contributed by atoms with van der Waals surface area (Å²) in [6, 6.07) is 2.49. The van der Waals surface area contributed by atoms with Gasteiger partial charge in [-0.15, -0.1) is 0 Å². The predicted molar refractivity (Wildman–Crippen MR) is 83.1 cm³/mol. The third-order valence-electron chi connectivity index (χ3n) is 4.01. The van der Waals surface area contributed by atoms with Gasteiger partial charge in [0.1, 0.15) is 5.82 Å². The zero-order valence-electron chi connectivity index (χ0n) is 12.4. The number of aromatic nitrogens is 4. The van der Waals surface area contributed by atoms with E-state index >= 15 is 0 Å². The first kappa shape index (κ1) is 13.8. The van der Waals surface area contributed by atoms with Crippen LogP contribution >= 0.6 is 0 Å². The molecule has 7 nitrogen and oxygen atoms in total. The van der Waals surface area contributed by atoms with Crippen LogP contribution in [0.15, 0.2) is 12.3 Å². The Morgan fingerprint density at radius 1 is 1.48 bits per heavy atom. The standard InChI is InChI=1S/C14H21N7/c1-3-9-7-17-20-13(9)11-6-12(19-14(15)18-11)21-5-4-10(8-21)16-2/h6-7,10,16H,3-5,8H2,1-2H3,(H,17,20)(H2,15,18,19)/t10-/m1/s1. The van der Waals surface area contributed by atoms with E-state index in [9.17, 15) is 0 Å². The van der Waals surface area contributed by atoms with E-state index in [1.165, 1.54) is 0 Å². The zero-order valence-corrected chi connectivity index (χ0v) is 12.4. The molecule has 21 heavy (non-hydrogen) atoms. The fourth-order valence-electron chi connectivity index (χ4n) is 2.75. The van der Waals surface area contributed by atoms with Crippen LogP contribution in [0.1, 0.15) is 18.9 Å². The van der Waals surface area contributed by atoms with Gasteiger partial charge in [-0.05, 0) is 25.5 Å². The van der Waals surface area contributed by atoms with E-state index in [1.54, 1.807) is 0 Å². The van der Waals surface area contributed by atoms with Gasteiger partial charge >= 0.3 is 0 Å². The number of likely N-dealkylation sites (N-methyl/N-ethyl adjacent to an activating group) is 1. The quantitative estimate of drug-likeness (QED) is 0.770. The number of aryl methyl sites for hydroxylation is 1. The van der Waals surface area contributed by atoms with Gasteiger partial charge in [0.15, 0.2) is 0 Å². The van der Waals surface area contributed by atoms with Crippen LogP contribution in [0, 0.1) is 0 Å². The second kappa shape index (κ2) is 5.69. The van der Waals surface area contributed by atoms with E-state index in [4.69, 9.17) is 5.73 Å². The number of nitrogen functional groups attached to an aromatic ring is 1. The third kappa shape index (κ3) is 2.69. The highest BCUT2D eigenvalue weighted by Gasteiger charge is 2.23. The fraction of sp³-hybridized carbons (Fsp3) is 0.500. The van der Waals surface area contributed by atoms with Crippen molar-refractivity contribution in [2.45, 2.75) is 25.8 Å². The molecular formula is C14H21N7. The van der Waals surface area contributed by atoms with Gasteiger partial charge in [0, 0.05) is 25.2 Å². The van der Waals surface area contributed by atoms with E-state index in [-0.39, 0.29) is 0 Å². The maximum atomic E-state index is 5.89. The highest BCUT2D eigenvalue weighted by Crippen LogP contribution is 2.26. The minimum atomic E-state index is 0.298. The van der Waals surface area contributed by atoms with Gasteiger partial charge in [-0.25, -0.2) is 4.98 Å². The van der Waals surface area contributed by atoms with Gasteiger partial charge in [0.05, 0.1) is 17.6 Å². The first-order chi connectivity index (χ1) is 10.2. The number of nitrogens with zero attached hydrogens (tertiary/aromatic N) is 4. The first-order valence-electron chi connectivity index (χ1n) is 7.30. The molecule has 7 heteroatoms. The third-order valence-corrected chi connectivity index (χ3v) is 4.01. The molecule has 112 valence electrons. The van der Waals surface area contributed by atoms with E-state index in [1.807, 2.05) is 19.3 Å². The lowest BCUT2D eigenvalue weighted by Gasteiger charge is -2.18. The molecule has 0 aromatic carbocycles. The first-order valence-corrected chi connectivity index (χ1v) is 7.30. The molecule has 0 unspecified atom stereocenters. The molecule has 4 N–H and O–H groups in total. The lowest BCUT2D eigenvalue weighted by Crippen LogP contribution is -2.30. The normalized spacial score (nSPS) is 18.4. The van der Waals surface area contributed by atoms with Crippen LogP contribution < -0.4 is 16.0 Å². The van der Waals surface area contributed by atoms with Crippen molar-refractivity contribution in [1.29, 1.82) is 0 Å². The van der Waals surface area contributed by atoms with Crippen LogP contribution in [-0.2, 0) is 6.42 Å². The predicted octanol–water partition coefficient (Wildman–Crippen LogP) is 0.809. The molecule has 1 saturated heterocycles. The summed E-state index contributed by atoms with van der Waals surface area (Å²) in [5.74, 6) is 1.18. The summed E-state index contributed by atoms with van der Waals surface area (Å²) in [4.78, 5) is 11.0. The second-order valence-electron chi connectivity index (χ2n) is 5.31. The largest absolute Gasteiger partial charge is 0.368 e. The Hall–Kier alpha value is -2.15. The molecule has 2 aromatic rings. The number of nitrogens with one attached hydrogen (secondary N) is 2. The lowest BCUT2D eigenvalue weighted by molar-refractivity contribution is 0.616. The van der Waals surface area contributed by atoms with Gasteiger partial charge in [-0.3, -0.25) is 5.10 Å². The zero-order chi connectivity index (χ0) is 14.8. The van der Waals surface area contributed by atoms with Crippen LogP contribution in [0.25, 0.3) is 11.4 Å². The molecule has 0 aliphatic carbocycles. The van der Waals surface area contributed by atoms with Gasteiger partial charge in [-0.2, -0.15) is 10.1 Å². The van der Waals surface area contributed by atoms with Crippen LogP contribution in [-0.4, -0.2) is 46.3 Å². The topological polar surface area (TPSA) is 95.8 Å². The number of rotatable bonds is 4. The number of hydrogen-bond donors (Lipinski definition) is 3. The van der Waals surface area contributed by atoms with Crippen LogP contribution in [0.5, 0.6) is 0 Å². The maximum absolute atomic E-state index is 5.89. The Labute approximate surface area is 124 Å². The summed E-state index contributed by atoms with van der Waals surface area (Å²) in [6.07, 6.45) is 3.84. The Bertz CT molecular complexity index is 622. The van der Waals surface area contributed by atoms with Crippen molar-refractivity contribution in [2.75, 3.05) is 30.8 Å². The van der Waals surface area contributed by atoms with Crippen molar-refractivity contribution in [3.05, 3.63) is 17.8 Å². The molecule has 0 amide bonds. The molecule has 0 spiro atoms. The number of hydrogen-bond acceptors (Lipinski definition) is 6. The highest BCUT2D eigenvalue weighted by atomic mass is 15.2. The molecule has 3 rings (SSSR count). The number of H-pyrrole nitrogens is 1. The Morgan fingerprint density at radius 2 is 2.33 bits per heavy atom. The highest BCUT2D eigenvalue weighted by molar-refractivity contribution is 5.64. The van der Waals surface area contributed by atoms with Crippen molar-refractivity contribution in [2.24, 2.45) is 0 Å². The molecule has 2 aromatic heterocycles. The summed E-state index contributed by atoms with van der Waals surface area (Å²) >= 11 is 0. The minimum Gasteiger partial charge on any atom is -0.368 e. The van der Waals surface area contributed by atoms with Gasteiger partial charge in [0.2, 0.25) is 5.95 Å². The van der Waals surface area contributed by atoms with E-state index in [2.05, 4.69) is 37.3 Å². The molecule has 3 heterocycles. The SMILES string of the molecule is CCc1cn[nH]c1-c1cc(N2CC[C@@H](NC)C2)nc(N)n1. The van der Waals surface area contributed by atoms with Crippen molar-refractivity contribution in [3.63, 3.8) is 0 Å². The monoisotopic (exact) mass is 287 g/mol. The number of aromatic amines is 1. The van der Waals surface area contributed by atoms with Crippen LogP contribution in [0.4, 0.5) is 11.8 Å². The Balaban J connectivity index is 1.94. The second-order valence-corrected chi connectivity index (χ2v) is 5.31. The fourth-order valence-corrected chi connectivity index (χ4v) is 2.75. The molecule has 1 fully saturated rings. The molecular weight excluding hydrogens is 266 g/mol. The summed E-state index contributed by atoms with van der Waals surface area (Å²) in [6.45, 7) is 4.01. The molecule has 1 aliphatic heterocycles. The Kier molecular flexibility index (Phi) is 3.74. The summed E-state index contributed by atoms with van der Waals surface area (Å²) < 4.78 is 0. The summed E-state index contributed by atoms with van der Waals surface area (Å²) in [7, 11) is 1.99. The minimum absolute atomic E-state index is 0.298. The molecule has 0 radical (unpaired) electrons. The van der Waals surface area contributed by atoms with Gasteiger partial charge < -0.3 is 16.0 Å². The number of nitrogens with two attached hydrogens (primary N) is 1. The van der Waals surface area contributed by atoms with E-state index < -0.39 is 0 Å². The summed E-state index contributed by atoms with van der Waals surface area (Å²) in [5.41, 5.74) is 8.76. The molecule has 1 atom stereocenters. The van der Waals surface area contributed by atoms with Gasteiger partial charge in [0.25, 0.3) is 0 Å². The van der Waals surface area contributed by atoms with E-state index in [0.717, 1.165) is 48.7 Å². The average molecular weight is 287 g/mol. The van der Waals surface area contributed by atoms with Crippen molar-refractivity contribution in [3.8, 4) is 11.4 Å². The maximum Gasteiger partial charge on any atom is 0.222 e. The van der Waals surface area contributed by atoms with Crippen LogP contribution in [0.3, 0.4) is 0 Å². The summed E-state index contributed by atoms with van der Waals surface area (Å²) in [5, 5.41) is 10.4. The molecule has 1 aliphatic rings. The van der Waals surface area contributed by atoms with Crippen LogP contribution in [0.2, 0.25) is 0 Å². The van der Waals surface area contributed by atoms with Crippen molar-refractivity contribution in [1.82, 2.24) is 25.5 Å². The van der Waals surface area contributed by atoms with Gasteiger partial charge in [-0.1, -0.05) is 6.92 Å². The Morgan fingerprint density at radius 3 is 3.05 bits per heavy atom. The van der Waals surface area contributed by atoms with E-state index in [0.29, 0.717) is 12.0 Å². The number of anilines is 2. The average Bonchev–Trinajstić information content (AvgIpc) is 3.15. The lowest BCUT2D eigenvalue weighted by atomic mass is 10.1. The smallest absolute Gasteiger partial charge is 0.222 e. The molecule has 0 bridgehead atoms. The van der Waals surface area contributed by atoms with Crippen molar-refractivity contribution >= 4 is 11.8 Å². The molecule has 0 saturated carbocycles. The van der Waals surface area contributed by atoms with Crippen molar-refractivity contribution < 1.29 is 0 Å².